The first kappa shape index (κ1) is 13.2. The lowest BCUT2D eigenvalue weighted by atomic mass is 10.4. The van der Waals surface area contributed by atoms with Crippen LogP contribution in [0.3, 0.4) is 0 Å². The van der Waals surface area contributed by atoms with Crippen LogP contribution in [-0.4, -0.2) is 49.5 Å². The summed E-state index contributed by atoms with van der Waals surface area (Å²) in [5, 5.41) is 0. The van der Waals surface area contributed by atoms with Crippen LogP contribution in [0.2, 0.25) is 0 Å². The highest BCUT2D eigenvalue weighted by molar-refractivity contribution is 7.99. The van der Waals surface area contributed by atoms with Crippen molar-refractivity contribution in [3.05, 3.63) is 30.3 Å². The third-order valence-electron chi connectivity index (χ3n) is 2.71. The molecule has 1 aliphatic rings. The minimum atomic E-state index is 0.645. The molecule has 0 spiro atoms. The number of rotatable bonds is 4. The summed E-state index contributed by atoms with van der Waals surface area (Å²) >= 11 is 1.80. The summed E-state index contributed by atoms with van der Waals surface area (Å²) in [6.07, 6.45) is 0. The molecule has 0 amide bonds. The van der Waals surface area contributed by atoms with Gasteiger partial charge in [0.1, 0.15) is 0 Å². The Kier molecular flexibility index (Phi) is 5.36. The second kappa shape index (κ2) is 7.28. The van der Waals surface area contributed by atoms with Crippen LogP contribution in [0.25, 0.3) is 0 Å². The van der Waals surface area contributed by atoms with Crippen molar-refractivity contribution in [2.75, 3.05) is 38.6 Å². The molecule has 1 aromatic rings. The van der Waals surface area contributed by atoms with Gasteiger partial charge in [0.25, 0.3) is 0 Å². The number of aliphatic imine (C=N–C) groups is 1. The molecule has 98 valence electrons. The largest absolute Gasteiger partial charge is 0.378 e. The summed E-state index contributed by atoms with van der Waals surface area (Å²) in [6, 6.07) is 10.3. The third-order valence-corrected chi connectivity index (χ3v) is 3.70. The van der Waals surface area contributed by atoms with Crippen LogP contribution in [0.4, 0.5) is 0 Å². The minimum Gasteiger partial charge on any atom is -0.378 e. The molecule has 2 N–H and O–H groups in total. The SMILES string of the molecule is NC(=NCCSc1ccccc1)N1CCOCC1. The van der Waals surface area contributed by atoms with Gasteiger partial charge >= 0.3 is 0 Å². The highest BCUT2D eigenvalue weighted by Crippen LogP contribution is 2.16. The summed E-state index contributed by atoms with van der Waals surface area (Å²) < 4.78 is 5.28. The normalized spacial score (nSPS) is 16.9. The van der Waals surface area contributed by atoms with Gasteiger partial charge < -0.3 is 15.4 Å². The highest BCUT2D eigenvalue weighted by Gasteiger charge is 2.11. The van der Waals surface area contributed by atoms with Crippen molar-refractivity contribution >= 4 is 17.7 Å². The first-order valence-electron chi connectivity index (χ1n) is 6.17. The van der Waals surface area contributed by atoms with Gasteiger partial charge in [-0.15, -0.1) is 11.8 Å². The van der Waals surface area contributed by atoms with Gasteiger partial charge in [0, 0.05) is 23.7 Å². The fourth-order valence-corrected chi connectivity index (χ4v) is 2.50. The fourth-order valence-electron chi connectivity index (χ4n) is 1.73. The molecule has 2 rings (SSSR count). The molecule has 0 radical (unpaired) electrons. The van der Waals surface area contributed by atoms with E-state index in [1.807, 2.05) is 18.2 Å². The number of morpholine rings is 1. The molecule has 0 atom stereocenters. The van der Waals surface area contributed by atoms with Gasteiger partial charge in [-0.25, -0.2) is 0 Å². The molecule has 0 unspecified atom stereocenters. The molecule has 5 heteroatoms. The molecular formula is C13H19N3OS. The first-order valence-corrected chi connectivity index (χ1v) is 7.15. The zero-order valence-electron chi connectivity index (χ0n) is 10.4. The Balaban J connectivity index is 1.70. The Labute approximate surface area is 112 Å². The van der Waals surface area contributed by atoms with E-state index in [0.29, 0.717) is 5.96 Å². The Morgan fingerprint density at radius 3 is 2.72 bits per heavy atom. The average molecular weight is 265 g/mol. The number of thioether (sulfide) groups is 1. The molecule has 0 aliphatic carbocycles. The number of benzene rings is 1. The van der Waals surface area contributed by atoms with Crippen LogP contribution in [0, 0.1) is 0 Å². The summed E-state index contributed by atoms with van der Waals surface area (Å²) in [5.41, 5.74) is 5.94. The van der Waals surface area contributed by atoms with Crippen LogP contribution < -0.4 is 5.73 Å². The van der Waals surface area contributed by atoms with Crippen molar-refractivity contribution in [3.8, 4) is 0 Å². The van der Waals surface area contributed by atoms with E-state index in [2.05, 4.69) is 22.0 Å². The van der Waals surface area contributed by atoms with Crippen molar-refractivity contribution in [2.24, 2.45) is 10.7 Å². The van der Waals surface area contributed by atoms with E-state index in [0.717, 1.165) is 38.6 Å². The zero-order valence-corrected chi connectivity index (χ0v) is 11.2. The van der Waals surface area contributed by atoms with E-state index in [1.165, 1.54) is 4.90 Å². The van der Waals surface area contributed by atoms with Gasteiger partial charge in [-0.1, -0.05) is 18.2 Å². The molecule has 1 aromatic carbocycles. The Morgan fingerprint density at radius 1 is 1.28 bits per heavy atom. The number of hydrogen-bond acceptors (Lipinski definition) is 3. The van der Waals surface area contributed by atoms with E-state index in [1.54, 1.807) is 11.8 Å². The lowest BCUT2D eigenvalue weighted by Gasteiger charge is -2.27. The van der Waals surface area contributed by atoms with Crippen LogP contribution in [-0.2, 0) is 4.74 Å². The topological polar surface area (TPSA) is 50.8 Å². The van der Waals surface area contributed by atoms with Crippen molar-refractivity contribution in [3.63, 3.8) is 0 Å². The van der Waals surface area contributed by atoms with Crippen molar-refractivity contribution < 1.29 is 4.74 Å². The van der Waals surface area contributed by atoms with Gasteiger partial charge in [0.2, 0.25) is 0 Å². The molecule has 0 bridgehead atoms. The number of guanidine groups is 1. The van der Waals surface area contributed by atoms with Crippen LogP contribution in [0.15, 0.2) is 40.2 Å². The maximum Gasteiger partial charge on any atom is 0.191 e. The second-order valence-electron chi connectivity index (χ2n) is 4.00. The Bertz CT molecular complexity index is 377. The average Bonchev–Trinajstić information content (AvgIpc) is 2.45. The van der Waals surface area contributed by atoms with E-state index >= 15 is 0 Å². The van der Waals surface area contributed by atoms with Gasteiger partial charge in [-0.2, -0.15) is 0 Å². The van der Waals surface area contributed by atoms with Gasteiger partial charge in [0.05, 0.1) is 19.8 Å². The summed E-state index contributed by atoms with van der Waals surface area (Å²) in [5.74, 6) is 1.60. The summed E-state index contributed by atoms with van der Waals surface area (Å²) in [7, 11) is 0. The molecule has 0 saturated carbocycles. The molecule has 18 heavy (non-hydrogen) atoms. The first-order chi connectivity index (χ1) is 8.86. The predicted molar refractivity (Wildman–Crippen MR) is 76.0 cm³/mol. The summed E-state index contributed by atoms with van der Waals surface area (Å²) in [4.78, 5) is 7.76. The fraction of sp³-hybridized carbons (Fsp3) is 0.462. The lowest BCUT2D eigenvalue weighted by Crippen LogP contribution is -2.44. The van der Waals surface area contributed by atoms with Crippen molar-refractivity contribution in [1.29, 1.82) is 0 Å². The molecule has 1 fully saturated rings. The van der Waals surface area contributed by atoms with Crippen LogP contribution in [0.5, 0.6) is 0 Å². The van der Waals surface area contributed by atoms with E-state index in [-0.39, 0.29) is 0 Å². The maximum absolute atomic E-state index is 5.94. The molecule has 4 nitrogen and oxygen atoms in total. The smallest absolute Gasteiger partial charge is 0.191 e. The number of hydrogen-bond donors (Lipinski definition) is 1. The van der Waals surface area contributed by atoms with E-state index in [4.69, 9.17) is 10.5 Å². The molecule has 1 heterocycles. The van der Waals surface area contributed by atoms with Crippen LogP contribution in [0.1, 0.15) is 0 Å². The molecule has 1 aliphatic heterocycles. The van der Waals surface area contributed by atoms with Crippen molar-refractivity contribution in [2.45, 2.75) is 4.90 Å². The standard InChI is InChI=1S/C13H19N3OS/c14-13(16-7-9-17-10-8-16)15-6-11-18-12-4-2-1-3-5-12/h1-5H,6-11H2,(H2,14,15). The zero-order chi connectivity index (χ0) is 12.6. The second-order valence-corrected chi connectivity index (χ2v) is 5.17. The molecule has 1 saturated heterocycles. The summed E-state index contributed by atoms with van der Waals surface area (Å²) in [6.45, 7) is 3.94. The van der Waals surface area contributed by atoms with Crippen LogP contribution >= 0.6 is 11.8 Å². The quantitative estimate of drug-likeness (QED) is 0.387. The monoisotopic (exact) mass is 265 g/mol. The number of ether oxygens (including phenoxy) is 1. The van der Waals surface area contributed by atoms with Gasteiger partial charge in [-0.05, 0) is 12.1 Å². The molecule has 0 aromatic heterocycles. The van der Waals surface area contributed by atoms with Gasteiger partial charge in [0.15, 0.2) is 5.96 Å². The maximum atomic E-state index is 5.94. The number of nitrogens with two attached hydrogens (primary N) is 1. The van der Waals surface area contributed by atoms with E-state index < -0.39 is 0 Å². The minimum absolute atomic E-state index is 0.645. The number of nitrogens with zero attached hydrogens (tertiary/aromatic N) is 2. The third kappa shape index (κ3) is 4.23. The molecular weight excluding hydrogens is 246 g/mol. The predicted octanol–water partition coefficient (Wildman–Crippen LogP) is 1.43. The van der Waals surface area contributed by atoms with Gasteiger partial charge in [-0.3, -0.25) is 4.99 Å². The van der Waals surface area contributed by atoms with E-state index in [9.17, 15) is 0 Å². The lowest BCUT2D eigenvalue weighted by molar-refractivity contribution is 0.0674. The Morgan fingerprint density at radius 2 is 2.00 bits per heavy atom. The van der Waals surface area contributed by atoms with Crippen molar-refractivity contribution in [1.82, 2.24) is 4.90 Å². The highest BCUT2D eigenvalue weighted by atomic mass is 32.2. The Hall–Kier alpha value is -1.20.